The van der Waals surface area contributed by atoms with Gasteiger partial charge in [-0.2, -0.15) is 0 Å². The average molecular weight is 479 g/mol. The first-order valence-electron chi connectivity index (χ1n) is 11.8. The minimum absolute atomic E-state index is 0.102. The maximum absolute atomic E-state index is 12.5. The molecule has 3 aromatic rings. The minimum atomic E-state index is -0.754. The Morgan fingerprint density at radius 3 is 2.57 bits per heavy atom. The molecule has 8 nitrogen and oxygen atoms in total. The van der Waals surface area contributed by atoms with Crippen molar-refractivity contribution in [2.24, 2.45) is 5.92 Å². The zero-order valence-electron chi connectivity index (χ0n) is 20.0. The first-order chi connectivity index (χ1) is 16.9. The summed E-state index contributed by atoms with van der Waals surface area (Å²) in [5, 5.41) is 13.4. The van der Waals surface area contributed by atoms with E-state index in [-0.39, 0.29) is 25.2 Å². The Morgan fingerprint density at radius 2 is 1.86 bits per heavy atom. The predicted molar refractivity (Wildman–Crippen MR) is 129 cm³/mol. The van der Waals surface area contributed by atoms with Gasteiger partial charge in [0, 0.05) is 18.2 Å². The second kappa shape index (κ2) is 11.1. The Morgan fingerprint density at radius 1 is 1.11 bits per heavy atom. The molecule has 0 spiro atoms. The highest BCUT2D eigenvalue weighted by atomic mass is 16.6. The van der Waals surface area contributed by atoms with Crippen molar-refractivity contribution in [2.45, 2.75) is 51.9 Å². The quantitative estimate of drug-likeness (QED) is 0.460. The Kier molecular flexibility index (Phi) is 7.70. The summed E-state index contributed by atoms with van der Waals surface area (Å²) in [5.74, 6) is 0.171. The summed E-state index contributed by atoms with van der Waals surface area (Å²) >= 11 is 0. The lowest BCUT2D eigenvalue weighted by Gasteiger charge is -2.27. The molecular weight excluding hydrogens is 448 g/mol. The van der Waals surface area contributed by atoms with Crippen LogP contribution in [0.3, 0.4) is 0 Å². The molecule has 2 atom stereocenters. The number of benzene rings is 2. The van der Waals surface area contributed by atoms with E-state index in [1.54, 1.807) is 7.05 Å². The summed E-state index contributed by atoms with van der Waals surface area (Å²) in [6, 6.07) is 17.0. The van der Waals surface area contributed by atoms with Crippen LogP contribution in [-0.4, -0.2) is 40.4 Å². The molecule has 0 bridgehead atoms. The van der Waals surface area contributed by atoms with Gasteiger partial charge in [-0.15, -0.1) is 0 Å². The zero-order valence-corrected chi connectivity index (χ0v) is 20.0. The highest BCUT2D eigenvalue weighted by molar-refractivity contribution is 5.70. The molecule has 1 amide bonds. The number of carbonyl (C=O) groups is 2. The van der Waals surface area contributed by atoms with Crippen LogP contribution >= 0.6 is 0 Å². The smallest absolute Gasteiger partial charge is 0.410 e. The number of nitrogens with zero attached hydrogens (tertiary/aromatic N) is 2. The molecule has 8 heteroatoms. The summed E-state index contributed by atoms with van der Waals surface area (Å²) in [6.07, 6.45) is 2.39. The number of carboxylic acid groups (broad SMARTS) is 1. The van der Waals surface area contributed by atoms with Gasteiger partial charge in [0.15, 0.2) is 5.76 Å². The molecule has 1 aliphatic rings. The Hall–Kier alpha value is -3.81. The van der Waals surface area contributed by atoms with Gasteiger partial charge in [-0.3, -0.25) is 4.79 Å². The average Bonchev–Trinajstić information content (AvgIpc) is 3.23. The first kappa shape index (κ1) is 24.3. The van der Waals surface area contributed by atoms with Crippen LogP contribution in [0.2, 0.25) is 0 Å². The Labute approximate surface area is 204 Å². The van der Waals surface area contributed by atoms with Crippen molar-refractivity contribution in [1.29, 1.82) is 0 Å². The number of amides is 1. The molecule has 35 heavy (non-hydrogen) atoms. The van der Waals surface area contributed by atoms with Gasteiger partial charge in [0.1, 0.15) is 12.4 Å². The van der Waals surface area contributed by atoms with Crippen molar-refractivity contribution in [3.63, 3.8) is 0 Å². The standard InChI is InChI=1S/C27H30N2O6/c1-18-24(16-29(2)27(32)33-17-19-7-4-3-5-8-19)25(35-28-18)20-11-13-22(14-12-20)34-23-10-6-9-21(15-23)26(30)31/h3-5,7-8,11-14,21,23H,6,9-10,15-17H2,1-2H3,(H,30,31)/t21-,23-/m0/s1. The lowest BCUT2D eigenvalue weighted by atomic mass is 9.87. The van der Waals surface area contributed by atoms with Gasteiger partial charge in [-0.1, -0.05) is 35.5 Å². The van der Waals surface area contributed by atoms with E-state index in [9.17, 15) is 14.7 Å². The molecule has 0 saturated heterocycles. The Balaban J connectivity index is 1.38. The van der Waals surface area contributed by atoms with Crippen LogP contribution in [0.15, 0.2) is 59.1 Å². The summed E-state index contributed by atoms with van der Waals surface area (Å²) in [7, 11) is 1.68. The molecule has 1 aromatic heterocycles. The maximum Gasteiger partial charge on any atom is 0.410 e. The number of aromatic nitrogens is 1. The van der Waals surface area contributed by atoms with Crippen LogP contribution in [0.1, 0.15) is 42.5 Å². The van der Waals surface area contributed by atoms with Crippen LogP contribution in [-0.2, 0) is 22.7 Å². The van der Waals surface area contributed by atoms with Crippen LogP contribution in [0.25, 0.3) is 11.3 Å². The van der Waals surface area contributed by atoms with E-state index in [2.05, 4.69) is 5.16 Å². The number of aryl methyl sites for hydroxylation is 1. The van der Waals surface area contributed by atoms with Crippen molar-refractivity contribution in [3.05, 3.63) is 71.4 Å². The van der Waals surface area contributed by atoms with E-state index in [0.29, 0.717) is 30.0 Å². The third-order valence-electron chi connectivity index (χ3n) is 6.29. The first-order valence-corrected chi connectivity index (χ1v) is 11.8. The van der Waals surface area contributed by atoms with Crippen LogP contribution in [0, 0.1) is 12.8 Å². The molecule has 1 heterocycles. The van der Waals surface area contributed by atoms with Gasteiger partial charge in [0.05, 0.1) is 24.3 Å². The zero-order chi connectivity index (χ0) is 24.8. The minimum Gasteiger partial charge on any atom is -0.490 e. The molecule has 4 rings (SSSR count). The topological polar surface area (TPSA) is 102 Å². The van der Waals surface area contributed by atoms with Crippen molar-refractivity contribution in [3.8, 4) is 17.1 Å². The van der Waals surface area contributed by atoms with Gasteiger partial charge in [-0.05, 0) is 62.4 Å². The van der Waals surface area contributed by atoms with Gasteiger partial charge in [0.25, 0.3) is 0 Å². The number of carbonyl (C=O) groups excluding carboxylic acids is 1. The van der Waals surface area contributed by atoms with Crippen molar-refractivity contribution in [2.75, 3.05) is 7.05 Å². The van der Waals surface area contributed by atoms with Crippen molar-refractivity contribution in [1.82, 2.24) is 10.1 Å². The summed E-state index contributed by atoms with van der Waals surface area (Å²) < 4.78 is 17.0. The van der Waals surface area contributed by atoms with Crippen LogP contribution < -0.4 is 4.74 Å². The monoisotopic (exact) mass is 478 g/mol. The molecule has 0 unspecified atom stereocenters. The molecule has 1 fully saturated rings. The summed E-state index contributed by atoms with van der Waals surface area (Å²) in [4.78, 5) is 25.3. The number of hydrogen-bond acceptors (Lipinski definition) is 6. The maximum atomic E-state index is 12.5. The van der Waals surface area contributed by atoms with E-state index in [1.807, 2.05) is 61.5 Å². The SMILES string of the molecule is Cc1noc(-c2ccc(O[C@H]3CCC[C@H](C(=O)O)C3)cc2)c1CN(C)C(=O)OCc1ccccc1. The Bertz CT molecular complexity index is 1140. The molecule has 2 aromatic carbocycles. The van der Waals surface area contributed by atoms with E-state index in [1.165, 1.54) is 4.90 Å². The van der Waals surface area contributed by atoms with Gasteiger partial charge in [-0.25, -0.2) is 4.79 Å². The molecule has 0 aliphatic heterocycles. The number of carboxylic acids is 1. The summed E-state index contributed by atoms with van der Waals surface area (Å²) in [6.45, 7) is 2.33. The second-order valence-corrected chi connectivity index (χ2v) is 8.94. The molecule has 1 aliphatic carbocycles. The fraction of sp³-hybridized carbons (Fsp3) is 0.370. The van der Waals surface area contributed by atoms with Crippen LogP contribution in [0.5, 0.6) is 5.75 Å². The number of ether oxygens (including phenoxy) is 2. The van der Waals surface area contributed by atoms with Crippen LogP contribution in [0.4, 0.5) is 4.79 Å². The van der Waals surface area contributed by atoms with E-state index < -0.39 is 12.1 Å². The predicted octanol–water partition coefficient (Wildman–Crippen LogP) is 5.44. The molecule has 1 N–H and O–H groups in total. The third-order valence-corrected chi connectivity index (χ3v) is 6.29. The fourth-order valence-corrected chi connectivity index (χ4v) is 4.29. The lowest BCUT2D eigenvalue weighted by molar-refractivity contribution is -0.143. The number of hydrogen-bond donors (Lipinski definition) is 1. The molecule has 0 radical (unpaired) electrons. The molecular formula is C27H30N2O6. The normalized spacial score (nSPS) is 17.5. The molecule has 1 saturated carbocycles. The van der Waals surface area contributed by atoms with Crippen molar-refractivity contribution >= 4 is 12.1 Å². The number of rotatable bonds is 8. The third kappa shape index (κ3) is 6.20. The van der Waals surface area contributed by atoms with E-state index >= 15 is 0 Å². The fourth-order valence-electron chi connectivity index (χ4n) is 4.29. The van der Waals surface area contributed by atoms with E-state index in [4.69, 9.17) is 14.0 Å². The highest BCUT2D eigenvalue weighted by Gasteiger charge is 2.28. The van der Waals surface area contributed by atoms with Gasteiger partial charge < -0.3 is 24.0 Å². The van der Waals surface area contributed by atoms with Gasteiger partial charge >= 0.3 is 12.1 Å². The highest BCUT2D eigenvalue weighted by Crippen LogP contribution is 2.31. The number of aliphatic carboxylic acids is 1. The van der Waals surface area contributed by atoms with Crippen molar-refractivity contribution < 1.29 is 28.7 Å². The largest absolute Gasteiger partial charge is 0.490 e. The van der Waals surface area contributed by atoms with E-state index in [0.717, 1.165) is 29.5 Å². The van der Waals surface area contributed by atoms with Gasteiger partial charge in [0.2, 0.25) is 0 Å². The second-order valence-electron chi connectivity index (χ2n) is 8.94. The molecule has 184 valence electrons. The summed E-state index contributed by atoms with van der Waals surface area (Å²) in [5.41, 5.74) is 3.23. The lowest BCUT2D eigenvalue weighted by Crippen LogP contribution is -2.29.